The largest absolute Gasteiger partial charge is 0.492 e. The second-order valence-corrected chi connectivity index (χ2v) is 11.0. The van der Waals surface area contributed by atoms with Crippen molar-refractivity contribution in [3.05, 3.63) is 60.2 Å². The molecule has 4 aliphatic rings. The highest BCUT2D eigenvalue weighted by Gasteiger charge is 2.51. The van der Waals surface area contributed by atoms with E-state index in [-0.39, 0.29) is 17.4 Å². The van der Waals surface area contributed by atoms with Gasteiger partial charge >= 0.3 is 0 Å². The van der Waals surface area contributed by atoms with Gasteiger partial charge in [0.1, 0.15) is 12.4 Å². The first kappa shape index (κ1) is 22.3. The number of rotatable bonds is 9. The van der Waals surface area contributed by atoms with Crippen LogP contribution in [0.4, 0.5) is 0 Å². The van der Waals surface area contributed by atoms with Gasteiger partial charge in [-0.1, -0.05) is 30.3 Å². The zero-order valence-corrected chi connectivity index (χ0v) is 19.7. The lowest BCUT2D eigenvalue weighted by atomic mass is 9.53. The third-order valence-electron chi connectivity index (χ3n) is 7.33. The molecular formula is C27H32N2O3S. The summed E-state index contributed by atoms with van der Waals surface area (Å²) in [5.74, 6) is 3.49. The van der Waals surface area contributed by atoms with E-state index in [9.17, 15) is 9.59 Å². The van der Waals surface area contributed by atoms with Gasteiger partial charge in [0.25, 0.3) is 5.91 Å². The number of para-hydroxylation sites is 1. The molecule has 4 aliphatic carbocycles. The summed E-state index contributed by atoms with van der Waals surface area (Å²) in [5, 5.41) is 6.35. The summed E-state index contributed by atoms with van der Waals surface area (Å²) >= 11 is 1.44. The summed E-state index contributed by atoms with van der Waals surface area (Å²) in [6, 6.07) is 17.0. The predicted octanol–water partition coefficient (Wildman–Crippen LogP) is 4.67. The van der Waals surface area contributed by atoms with Gasteiger partial charge in [-0.25, -0.2) is 0 Å². The van der Waals surface area contributed by atoms with E-state index in [0.29, 0.717) is 24.5 Å². The van der Waals surface area contributed by atoms with Gasteiger partial charge in [-0.2, -0.15) is 0 Å². The SMILES string of the molecule is O=C(CSc1ccccc1C(=O)NCCOc1ccccc1)NC12CC3CC(CC(C3)C1)C2. The molecule has 0 unspecified atom stereocenters. The van der Waals surface area contributed by atoms with Crippen LogP contribution in [0, 0.1) is 17.8 Å². The third-order valence-corrected chi connectivity index (χ3v) is 8.41. The average Bonchev–Trinajstić information content (AvgIpc) is 2.80. The fourth-order valence-electron chi connectivity index (χ4n) is 6.46. The van der Waals surface area contributed by atoms with Crippen molar-refractivity contribution in [3.63, 3.8) is 0 Å². The summed E-state index contributed by atoms with van der Waals surface area (Å²) in [4.78, 5) is 26.5. The molecule has 6 rings (SSSR count). The first-order chi connectivity index (χ1) is 16.1. The van der Waals surface area contributed by atoms with E-state index in [4.69, 9.17) is 4.74 Å². The number of thioether (sulfide) groups is 1. The summed E-state index contributed by atoms with van der Waals surface area (Å²) in [5.41, 5.74) is 0.631. The molecule has 2 aromatic carbocycles. The quantitative estimate of drug-likeness (QED) is 0.418. The van der Waals surface area contributed by atoms with Gasteiger partial charge in [0.2, 0.25) is 5.91 Å². The van der Waals surface area contributed by atoms with E-state index in [1.54, 1.807) is 0 Å². The van der Waals surface area contributed by atoms with Crippen LogP contribution >= 0.6 is 11.8 Å². The molecular weight excluding hydrogens is 432 g/mol. The van der Waals surface area contributed by atoms with Gasteiger partial charge in [0.15, 0.2) is 0 Å². The molecule has 5 nitrogen and oxygen atoms in total. The number of hydrogen-bond donors (Lipinski definition) is 2. The Balaban J connectivity index is 1.11. The number of ether oxygens (including phenoxy) is 1. The van der Waals surface area contributed by atoms with Crippen LogP contribution in [0.3, 0.4) is 0 Å². The molecule has 0 radical (unpaired) electrons. The maximum Gasteiger partial charge on any atom is 0.252 e. The Bertz CT molecular complexity index is 959. The van der Waals surface area contributed by atoms with Gasteiger partial charge in [-0.3, -0.25) is 9.59 Å². The Kier molecular flexibility index (Phi) is 6.63. The molecule has 33 heavy (non-hydrogen) atoms. The standard InChI is InChI=1S/C27H32N2O3S/c30-25(29-27-15-19-12-20(16-27)14-21(13-19)17-27)18-33-24-9-5-4-8-23(24)26(31)28-10-11-32-22-6-2-1-3-7-22/h1-9,19-21H,10-18H2,(H,28,31)(H,29,30). The minimum absolute atomic E-state index is 0.0298. The van der Waals surface area contributed by atoms with Gasteiger partial charge < -0.3 is 15.4 Å². The molecule has 0 saturated heterocycles. The first-order valence-corrected chi connectivity index (χ1v) is 13.1. The highest BCUT2D eigenvalue weighted by molar-refractivity contribution is 8.00. The molecule has 6 heteroatoms. The summed E-state index contributed by atoms with van der Waals surface area (Å²) < 4.78 is 5.64. The smallest absolute Gasteiger partial charge is 0.252 e. The van der Waals surface area contributed by atoms with Crippen LogP contribution in [-0.2, 0) is 4.79 Å². The normalized spacial score (nSPS) is 27.2. The van der Waals surface area contributed by atoms with E-state index < -0.39 is 0 Å². The molecule has 2 aromatic rings. The lowest BCUT2D eigenvalue weighted by molar-refractivity contribution is -0.124. The van der Waals surface area contributed by atoms with Crippen molar-refractivity contribution in [3.8, 4) is 5.75 Å². The van der Waals surface area contributed by atoms with E-state index >= 15 is 0 Å². The number of benzene rings is 2. The van der Waals surface area contributed by atoms with Gasteiger partial charge in [0.05, 0.1) is 17.9 Å². The molecule has 174 valence electrons. The number of carbonyl (C=O) groups excluding carboxylic acids is 2. The molecule has 0 spiro atoms. The van der Waals surface area contributed by atoms with E-state index in [1.807, 2.05) is 54.6 Å². The fourth-order valence-corrected chi connectivity index (χ4v) is 7.31. The molecule has 4 saturated carbocycles. The van der Waals surface area contributed by atoms with Crippen molar-refractivity contribution in [1.29, 1.82) is 0 Å². The maximum atomic E-state index is 12.9. The van der Waals surface area contributed by atoms with Crippen LogP contribution in [0.25, 0.3) is 0 Å². The minimum Gasteiger partial charge on any atom is -0.492 e. The molecule has 2 amide bonds. The highest BCUT2D eigenvalue weighted by atomic mass is 32.2. The van der Waals surface area contributed by atoms with Crippen molar-refractivity contribution in [1.82, 2.24) is 10.6 Å². The molecule has 0 aromatic heterocycles. The predicted molar refractivity (Wildman–Crippen MR) is 130 cm³/mol. The maximum absolute atomic E-state index is 12.9. The Morgan fingerprint density at radius 2 is 1.55 bits per heavy atom. The minimum atomic E-state index is -0.142. The molecule has 0 aliphatic heterocycles. The molecule has 4 fully saturated rings. The first-order valence-electron chi connectivity index (χ1n) is 12.1. The van der Waals surface area contributed by atoms with E-state index in [2.05, 4.69) is 10.6 Å². The number of amides is 2. The lowest BCUT2D eigenvalue weighted by Crippen LogP contribution is -2.60. The van der Waals surface area contributed by atoms with Crippen LogP contribution in [-0.4, -0.2) is 36.3 Å². The molecule has 2 N–H and O–H groups in total. The van der Waals surface area contributed by atoms with Crippen LogP contribution in [0.2, 0.25) is 0 Å². The van der Waals surface area contributed by atoms with Crippen molar-refractivity contribution in [2.75, 3.05) is 18.9 Å². The van der Waals surface area contributed by atoms with Crippen LogP contribution in [0.1, 0.15) is 48.9 Å². The molecule has 0 atom stereocenters. The van der Waals surface area contributed by atoms with Crippen molar-refractivity contribution in [2.45, 2.75) is 49.0 Å². The fraction of sp³-hybridized carbons (Fsp3) is 0.481. The topological polar surface area (TPSA) is 67.4 Å². The third kappa shape index (κ3) is 5.37. The summed E-state index contributed by atoms with van der Waals surface area (Å²) in [6.45, 7) is 0.817. The van der Waals surface area contributed by atoms with Crippen molar-refractivity contribution >= 4 is 23.6 Å². The van der Waals surface area contributed by atoms with Gasteiger partial charge in [-0.05, 0) is 80.5 Å². The van der Waals surface area contributed by atoms with Crippen LogP contribution < -0.4 is 15.4 Å². The van der Waals surface area contributed by atoms with Crippen molar-refractivity contribution in [2.24, 2.45) is 17.8 Å². The number of carbonyl (C=O) groups is 2. The van der Waals surface area contributed by atoms with Gasteiger partial charge in [-0.15, -0.1) is 11.8 Å². The van der Waals surface area contributed by atoms with Gasteiger partial charge in [0, 0.05) is 10.4 Å². The highest BCUT2D eigenvalue weighted by Crippen LogP contribution is 2.55. The molecule has 4 bridgehead atoms. The van der Waals surface area contributed by atoms with E-state index in [0.717, 1.165) is 47.7 Å². The Morgan fingerprint density at radius 1 is 0.909 bits per heavy atom. The lowest BCUT2D eigenvalue weighted by Gasteiger charge is -2.56. The zero-order chi connectivity index (χ0) is 22.7. The Morgan fingerprint density at radius 3 is 2.24 bits per heavy atom. The Labute approximate surface area is 200 Å². The second kappa shape index (κ2) is 9.80. The van der Waals surface area contributed by atoms with E-state index in [1.165, 1.54) is 31.0 Å². The monoisotopic (exact) mass is 464 g/mol. The zero-order valence-electron chi connectivity index (χ0n) is 18.9. The summed E-state index contributed by atoms with van der Waals surface area (Å²) in [7, 11) is 0. The number of nitrogens with one attached hydrogen (secondary N) is 2. The van der Waals surface area contributed by atoms with Crippen molar-refractivity contribution < 1.29 is 14.3 Å². The van der Waals surface area contributed by atoms with Crippen LogP contribution in [0.5, 0.6) is 5.75 Å². The Hall–Kier alpha value is -2.47. The molecule has 0 heterocycles. The number of hydrogen-bond acceptors (Lipinski definition) is 4. The second-order valence-electron chi connectivity index (χ2n) is 9.95. The summed E-state index contributed by atoms with van der Waals surface area (Å²) in [6.07, 6.45) is 7.55. The average molecular weight is 465 g/mol. The van der Waals surface area contributed by atoms with Crippen LogP contribution in [0.15, 0.2) is 59.5 Å².